The molecule has 7 aromatic carbocycles. The standard InChI is InChI=1S/C42H24N4/c1-2-11-25(12-3-1)40-42(44-33-24-27-14-5-4-13-26(27)23-32(33)43-40)46-35-20-9-16-29-31-18-8-17-30-28-15-6-7-19-34(28)45(41(30)31)36-21-10-22-37(46)39(36)38(29)35/h1-24H. The van der Waals surface area contributed by atoms with E-state index in [0.29, 0.717) is 0 Å². The fraction of sp³-hybridized carbons (Fsp3) is 0. The monoisotopic (exact) mass is 584 g/mol. The second-order valence-electron chi connectivity index (χ2n) is 12.2. The summed E-state index contributed by atoms with van der Waals surface area (Å²) >= 11 is 0. The zero-order valence-electron chi connectivity index (χ0n) is 24.6. The van der Waals surface area contributed by atoms with E-state index in [9.17, 15) is 0 Å². The van der Waals surface area contributed by atoms with E-state index in [1.807, 2.05) is 0 Å². The van der Waals surface area contributed by atoms with Gasteiger partial charge in [-0.05, 0) is 52.6 Å². The van der Waals surface area contributed by atoms with E-state index in [1.165, 1.54) is 48.9 Å². The molecule has 0 spiro atoms. The number of aromatic nitrogens is 4. The summed E-state index contributed by atoms with van der Waals surface area (Å²) in [5.41, 5.74) is 9.57. The number of hydrogen-bond donors (Lipinski definition) is 0. The Labute approximate surface area is 262 Å². The van der Waals surface area contributed by atoms with E-state index in [4.69, 9.17) is 9.97 Å². The predicted octanol–water partition coefficient (Wildman–Crippen LogP) is 10.7. The molecule has 0 aliphatic carbocycles. The van der Waals surface area contributed by atoms with Gasteiger partial charge in [0.2, 0.25) is 0 Å². The molecule has 4 nitrogen and oxygen atoms in total. The van der Waals surface area contributed by atoms with E-state index in [0.717, 1.165) is 49.9 Å². The summed E-state index contributed by atoms with van der Waals surface area (Å²) in [7, 11) is 0. The van der Waals surface area contributed by atoms with Crippen molar-refractivity contribution in [3.05, 3.63) is 146 Å². The topological polar surface area (TPSA) is 35.1 Å². The highest BCUT2D eigenvalue weighted by molar-refractivity contribution is 6.31. The highest BCUT2D eigenvalue weighted by Gasteiger charge is 2.24. The summed E-state index contributed by atoms with van der Waals surface area (Å²) in [6.07, 6.45) is 0. The molecule has 0 aliphatic rings. The van der Waals surface area contributed by atoms with Gasteiger partial charge in [0.1, 0.15) is 5.69 Å². The van der Waals surface area contributed by atoms with E-state index in [2.05, 4.69) is 155 Å². The third kappa shape index (κ3) is 3.03. The summed E-state index contributed by atoms with van der Waals surface area (Å²) < 4.78 is 4.82. The smallest absolute Gasteiger partial charge is 0.165 e. The molecule has 0 radical (unpaired) electrons. The first-order valence-electron chi connectivity index (χ1n) is 15.7. The second-order valence-corrected chi connectivity index (χ2v) is 12.2. The molecule has 4 heteroatoms. The van der Waals surface area contributed by atoms with Crippen molar-refractivity contribution >= 4 is 81.7 Å². The van der Waals surface area contributed by atoms with Crippen LogP contribution in [0.1, 0.15) is 0 Å². The number of rotatable bonds is 2. The van der Waals surface area contributed by atoms with Crippen LogP contribution in [0.2, 0.25) is 0 Å². The van der Waals surface area contributed by atoms with Gasteiger partial charge in [0.15, 0.2) is 5.82 Å². The third-order valence-corrected chi connectivity index (χ3v) is 9.79. The Morgan fingerprint density at radius 1 is 0.413 bits per heavy atom. The van der Waals surface area contributed by atoms with E-state index in [-0.39, 0.29) is 0 Å². The first-order valence-corrected chi connectivity index (χ1v) is 15.7. The molecule has 4 aromatic heterocycles. The summed E-state index contributed by atoms with van der Waals surface area (Å²) in [6, 6.07) is 52.1. The van der Waals surface area contributed by atoms with Crippen LogP contribution in [-0.4, -0.2) is 18.9 Å². The summed E-state index contributed by atoms with van der Waals surface area (Å²) in [4.78, 5) is 10.8. The number of fused-ring (bicyclic) bond motifs is 7. The van der Waals surface area contributed by atoms with Crippen LogP contribution < -0.4 is 0 Å². The van der Waals surface area contributed by atoms with Gasteiger partial charge in [-0.25, -0.2) is 9.97 Å². The van der Waals surface area contributed by atoms with Crippen molar-refractivity contribution in [3.8, 4) is 17.1 Å². The molecule has 0 fully saturated rings. The van der Waals surface area contributed by atoms with Gasteiger partial charge < -0.3 is 4.40 Å². The van der Waals surface area contributed by atoms with Gasteiger partial charge in [-0.15, -0.1) is 0 Å². The van der Waals surface area contributed by atoms with Crippen LogP contribution in [0.3, 0.4) is 0 Å². The van der Waals surface area contributed by atoms with E-state index < -0.39 is 0 Å². The Balaban J connectivity index is 1.38. The van der Waals surface area contributed by atoms with Crippen LogP contribution in [0.5, 0.6) is 0 Å². The molecule has 0 saturated carbocycles. The van der Waals surface area contributed by atoms with E-state index >= 15 is 0 Å². The van der Waals surface area contributed by atoms with Crippen molar-refractivity contribution in [1.29, 1.82) is 0 Å². The lowest BCUT2D eigenvalue weighted by Crippen LogP contribution is -2.04. The summed E-state index contributed by atoms with van der Waals surface area (Å²) in [5, 5.41) is 9.82. The molecule has 46 heavy (non-hydrogen) atoms. The maximum atomic E-state index is 5.46. The minimum atomic E-state index is 0.833. The highest BCUT2D eigenvalue weighted by atomic mass is 15.1. The Hall–Kier alpha value is -6.26. The lowest BCUT2D eigenvalue weighted by molar-refractivity contribution is 1.08. The molecule has 0 bridgehead atoms. The molecule has 11 rings (SSSR count). The molecule has 4 heterocycles. The lowest BCUT2D eigenvalue weighted by Gasteiger charge is -2.14. The van der Waals surface area contributed by atoms with Crippen molar-refractivity contribution in [3.63, 3.8) is 0 Å². The first-order chi connectivity index (χ1) is 22.8. The van der Waals surface area contributed by atoms with Gasteiger partial charge in [0.25, 0.3) is 0 Å². The van der Waals surface area contributed by atoms with Crippen molar-refractivity contribution in [2.45, 2.75) is 0 Å². The Morgan fingerprint density at radius 2 is 0.978 bits per heavy atom. The van der Waals surface area contributed by atoms with Gasteiger partial charge in [0.05, 0.1) is 38.6 Å². The number of benzene rings is 7. The normalized spacial score (nSPS) is 12.3. The van der Waals surface area contributed by atoms with Crippen molar-refractivity contribution in [1.82, 2.24) is 18.9 Å². The summed E-state index contributed by atoms with van der Waals surface area (Å²) in [5.74, 6) is 0.833. The Kier molecular flexibility index (Phi) is 4.55. The molecule has 0 unspecified atom stereocenters. The zero-order chi connectivity index (χ0) is 29.9. The average molecular weight is 585 g/mol. The molecule has 11 aromatic rings. The SMILES string of the molecule is c1ccc(-c2nc3cc4ccccc4cc3nc2-n2c3cccc4c5cccc6c7ccccc7n(c7cccc2c7c43)c56)cc1. The highest BCUT2D eigenvalue weighted by Crippen LogP contribution is 2.44. The van der Waals surface area contributed by atoms with Crippen LogP contribution in [0.25, 0.3) is 98.8 Å². The van der Waals surface area contributed by atoms with Crippen molar-refractivity contribution in [2.75, 3.05) is 0 Å². The first kappa shape index (κ1) is 24.1. The maximum absolute atomic E-state index is 5.46. The Bertz CT molecular complexity index is 3020. The molecule has 0 amide bonds. The molecular formula is C42H24N4. The number of hydrogen-bond acceptors (Lipinski definition) is 2. The number of nitrogens with zero attached hydrogens (tertiary/aromatic N) is 4. The molecular weight excluding hydrogens is 560 g/mol. The average Bonchev–Trinajstić information content (AvgIpc) is 3.59. The van der Waals surface area contributed by atoms with Crippen LogP contribution in [-0.2, 0) is 0 Å². The minimum absolute atomic E-state index is 0.833. The largest absolute Gasteiger partial charge is 0.308 e. The lowest BCUT2D eigenvalue weighted by atomic mass is 10.0. The molecule has 0 N–H and O–H groups in total. The van der Waals surface area contributed by atoms with Crippen molar-refractivity contribution < 1.29 is 0 Å². The quantitative estimate of drug-likeness (QED) is 0.190. The van der Waals surface area contributed by atoms with Crippen LogP contribution in [0.15, 0.2) is 146 Å². The maximum Gasteiger partial charge on any atom is 0.165 e. The molecule has 0 saturated heterocycles. The van der Waals surface area contributed by atoms with Gasteiger partial charge in [-0.2, -0.15) is 0 Å². The van der Waals surface area contributed by atoms with Gasteiger partial charge in [-0.1, -0.05) is 109 Å². The fourth-order valence-corrected chi connectivity index (χ4v) is 7.89. The van der Waals surface area contributed by atoms with Crippen LogP contribution in [0.4, 0.5) is 0 Å². The summed E-state index contributed by atoms with van der Waals surface area (Å²) in [6.45, 7) is 0. The minimum Gasteiger partial charge on any atom is -0.308 e. The third-order valence-electron chi connectivity index (χ3n) is 9.79. The van der Waals surface area contributed by atoms with Gasteiger partial charge in [0, 0.05) is 32.5 Å². The zero-order valence-corrected chi connectivity index (χ0v) is 24.6. The van der Waals surface area contributed by atoms with Crippen LogP contribution >= 0.6 is 0 Å². The molecule has 0 aliphatic heterocycles. The van der Waals surface area contributed by atoms with Gasteiger partial charge in [-0.3, -0.25) is 4.57 Å². The van der Waals surface area contributed by atoms with Crippen LogP contribution in [0, 0.1) is 0 Å². The van der Waals surface area contributed by atoms with E-state index in [1.54, 1.807) is 0 Å². The second kappa shape index (κ2) is 8.68. The number of para-hydroxylation sites is 2. The molecule has 212 valence electrons. The molecule has 0 atom stereocenters. The predicted molar refractivity (Wildman–Crippen MR) is 191 cm³/mol. The Morgan fingerprint density at radius 3 is 1.80 bits per heavy atom. The van der Waals surface area contributed by atoms with Crippen molar-refractivity contribution in [2.24, 2.45) is 0 Å². The van der Waals surface area contributed by atoms with Gasteiger partial charge >= 0.3 is 0 Å². The fourth-order valence-electron chi connectivity index (χ4n) is 7.89.